The summed E-state index contributed by atoms with van der Waals surface area (Å²) >= 11 is 11.7. The predicted octanol–water partition coefficient (Wildman–Crippen LogP) is 3.56. The third-order valence-corrected chi connectivity index (χ3v) is 4.86. The van der Waals surface area contributed by atoms with E-state index in [1.54, 1.807) is 4.90 Å². The molecule has 2 aromatic rings. The second-order valence-corrected chi connectivity index (χ2v) is 7.05. The highest BCUT2D eigenvalue weighted by atomic mass is 35.5. The van der Waals surface area contributed by atoms with Gasteiger partial charge in [-0.05, 0) is 30.5 Å². The summed E-state index contributed by atoms with van der Waals surface area (Å²) in [5, 5.41) is 3.36. The number of benzene rings is 1. The van der Waals surface area contributed by atoms with Gasteiger partial charge in [-0.3, -0.25) is 9.59 Å². The van der Waals surface area contributed by atoms with Crippen molar-refractivity contribution in [3.8, 4) is 0 Å². The lowest BCUT2D eigenvalue weighted by Gasteiger charge is -2.31. The van der Waals surface area contributed by atoms with Crippen molar-refractivity contribution in [2.75, 3.05) is 13.1 Å². The van der Waals surface area contributed by atoms with E-state index in [0.29, 0.717) is 38.0 Å². The molecule has 0 atom stereocenters. The third-order valence-electron chi connectivity index (χ3n) is 4.47. The number of nitrogens with zero attached hydrogens (tertiary/aromatic N) is 2. The fourth-order valence-corrected chi connectivity index (χ4v) is 3.51. The molecular weight excluding hydrogens is 373 g/mol. The second kappa shape index (κ2) is 8.52. The maximum Gasteiger partial charge on any atom is 0.254 e. The Morgan fingerprint density at radius 3 is 2.31 bits per heavy atom. The first kappa shape index (κ1) is 18.7. The van der Waals surface area contributed by atoms with Crippen molar-refractivity contribution in [3.05, 3.63) is 63.9 Å². The fraction of sp³-hybridized carbons (Fsp3) is 0.316. The summed E-state index contributed by atoms with van der Waals surface area (Å²) in [5.74, 6) is -0.178. The summed E-state index contributed by atoms with van der Waals surface area (Å²) in [4.78, 5) is 30.5. The van der Waals surface area contributed by atoms with Crippen molar-refractivity contribution < 1.29 is 9.59 Å². The van der Waals surface area contributed by atoms with Gasteiger partial charge in [0.15, 0.2) is 0 Å². The van der Waals surface area contributed by atoms with Gasteiger partial charge in [-0.2, -0.15) is 0 Å². The highest BCUT2D eigenvalue weighted by molar-refractivity contribution is 6.33. The lowest BCUT2D eigenvalue weighted by molar-refractivity contribution is -0.126. The molecule has 2 heterocycles. The highest BCUT2D eigenvalue weighted by Gasteiger charge is 2.28. The summed E-state index contributed by atoms with van der Waals surface area (Å²) in [6.07, 6.45) is 1.28. The molecule has 1 aromatic carbocycles. The van der Waals surface area contributed by atoms with Crippen molar-refractivity contribution in [1.82, 2.24) is 15.2 Å². The Balaban J connectivity index is 1.52. The van der Waals surface area contributed by atoms with Crippen molar-refractivity contribution in [1.29, 1.82) is 0 Å². The monoisotopic (exact) mass is 391 g/mol. The number of carbonyl (C=O) groups excluding carboxylic acids is 2. The van der Waals surface area contributed by atoms with Gasteiger partial charge in [-0.1, -0.05) is 53.5 Å². The maximum absolute atomic E-state index is 12.6. The quantitative estimate of drug-likeness (QED) is 0.810. The number of hydrogen-bond donors (Lipinski definition) is 1. The fourth-order valence-electron chi connectivity index (χ4n) is 3.05. The number of pyridine rings is 1. The minimum Gasteiger partial charge on any atom is -0.352 e. The Morgan fingerprint density at radius 1 is 1.08 bits per heavy atom. The summed E-state index contributed by atoms with van der Waals surface area (Å²) in [6, 6.07) is 12.8. The van der Waals surface area contributed by atoms with E-state index in [4.69, 9.17) is 23.2 Å². The summed E-state index contributed by atoms with van der Waals surface area (Å²) in [7, 11) is 0. The number of nitrogens with one attached hydrogen (secondary N) is 1. The van der Waals surface area contributed by atoms with Crippen LogP contribution in [-0.2, 0) is 11.3 Å². The highest BCUT2D eigenvalue weighted by Crippen LogP contribution is 2.21. The van der Waals surface area contributed by atoms with Gasteiger partial charge < -0.3 is 10.2 Å². The van der Waals surface area contributed by atoms with Crippen LogP contribution in [0, 0.1) is 5.92 Å². The van der Waals surface area contributed by atoms with Gasteiger partial charge in [0, 0.05) is 31.1 Å². The van der Waals surface area contributed by atoms with Crippen LogP contribution < -0.4 is 5.32 Å². The minimum atomic E-state index is -0.139. The molecule has 1 fully saturated rings. The smallest absolute Gasteiger partial charge is 0.254 e. The number of carbonyl (C=O) groups is 2. The van der Waals surface area contributed by atoms with E-state index in [2.05, 4.69) is 10.3 Å². The Morgan fingerprint density at radius 2 is 1.69 bits per heavy atom. The minimum absolute atomic E-state index is 0.0379. The van der Waals surface area contributed by atoms with Crippen LogP contribution in [0.5, 0.6) is 0 Å². The molecule has 3 rings (SSSR count). The maximum atomic E-state index is 12.6. The number of hydrogen-bond acceptors (Lipinski definition) is 3. The van der Waals surface area contributed by atoms with E-state index >= 15 is 0 Å². The molecule has 26 heavy (non-hydrogen) atoms. The van der Waals surface area contributed by atoms with Crippen molar-refractivity contribution in [3.63, 3.8) is 0 Å². The standard InChI is InChI=1S/C19H19Cl2N3O2/c20-16-10-15(11-17(21)23-16)19(26)24-8-6-14(7-9-24)18(25)22-12-13-4-2-1-3-5-13/h1-5,10-11,14H,6-9,12H2,(H,22,25). The summed E-state index contributed by atoms with van der Waals surface area (Å²) < 4.78 is 0. The molecule has 0 unspecified atom stereocenters. The third kappa shape index (κ3) is 4.74. The van der Waals surface area contributed by atoms with Crippen LogP contribution in [0.3, 0.4) is 0 Å². The van der Waals surface area contributed by atoms with Gasteiger partial charge in [-0.25, -0.2) is 4.98 Å². The van der Waals surface area contributed by atoms with E-state index < -0.39 is 0 Å². The molecule has 1 aromatic heterocycles. The number of amides is 2. The van der Waals surface area contributed by atoms with Crippen molar-refractivity contribution >= 4 is 35.0 Å². The molecule has 0 bridgehead atoms. The molecule has 0 saturated carbocycles. The van der Waals surface area contributed by atoms with Gasteiger partial charge in [0.2, 0.25) is 5.91 Å². The SMILES string of the molecule is O=C(NCc1ccccc1)C1CCN(C(=O)c2cc(Cl)nc(Cl)c2)CC1. The number of piperidine rings is 1. The van der Waals surface area contributed by atoms with Crippen LogP contribution in [0.15, 0.2) is 42.5 Å². The first-order valence-electron chi connectivity index (χ1n) is 8.47. The Kier molecular flexibility index (Phi) is 6.12. The molecule has 0 spiro atoms. The van der Waals surface area contributed by atoms with Crippen molar-refractivity contribution in [2.24, 2.45) is 5.92 Å². The van der Waals surface area contributed by atoms with Crippen LogP contribution in [-0.4, -0.2) is 34.8 Å². The summed E-state index contributed by atoms with van der Waals surface area (Å²) in [6.45, 7) is 1.58. The van der Waals surface area contributed by atoms with Crippen LogP contribution in [0.4, 0.5) is 0 Å². The van der Waals surface area contributed by atoms with E-state index in [1.165, 1.54) is 12.1 Å². The Labute approximate surface area is 162 Å². The molecule has 5 nitrogen and oxygen atoms in total. The molecule has 1 saturated heterocycles. The zero-order valence-corrected chi connectivity index (χ0v) is 15.6. The topological polar surface area (TPSA) is 62.3 Å². The van der Waals surface area contributed by atoms with Gasteiger partial charge in [0.1, 0.15) is 10.3 Å². The summed E-state index contributed by atoms with van der Waals surface area (Å²) in [5.41, 5.74) is 1.49. The van der Waals surface area contributed by atoms with Gasteiger partial charge in [0.25, 0.3) is 5.91 Å². The molecule has 0 radical (unpaired) electrons. The van der Waals surface area contributed by atoms with E-state index in [0.717, 1.165) is 5.56 Å². The molecular formula is C19H19Cl2N3O2. The average molecular weight is 392 g/mol. The zero-order valence-electron chi connectivity index (χ0n) is 14.1. The van der Waals surface area contributed by atoms with Gasteiger partial charge >= 0.3 is 0 Å². The molecule has 1 N–H and O–H groups in total. The number of rotatable bonds is 4. The lowest BCUT2D eigenvalue weighted by atomic mass is 9.95. The van der Waals surface area contributed by atoms with E-state index in [1.807, 2.05) is 30.3 Å². The molecule has 1 aliphatic rings. The number of likely N-dealkylation sites (tertiary alicyclic amines) is 1. The molecule has 136 valence electrons. The second-order valence-electron chi connectivity index (χ2n) is 6.27. The van der Waals surface area contributed by atoms with Crippen LogP contribution in [0.25, 0.3) is 0 Å². The van der Waals surface area contributed by atoms with E-state index in [-0.39, 0.29) is 28.0 Å². The first-order valence-corrected chi connectivity index (χ1v) is 9.22. The zero-order chi connectivity index (χ0) is 18.5. The van der Waals surface area contributed by atoms with Gasteiger partial charge in [0.05, 0.1) is 0 Å². The van der Waals surface area contributed by atoms with Crippen molar-refractivity contribution in [2.45, 2.75) is 19.4 Å². The predicted molar refractivity (Wildman–Crippen MR) is 101 cm³/mol. The first-order chi connectivity index (χ1) is 12.5. The molecule has 2 amide bonds. The lowest BCUT2D eigenvalue weighted by Crippen LogP contribution is -2.43. The Bertz CT molecular complexity index is 770. The van der Waals surface area contributed by atoms with Crippen LogP contribution in [0.1, 0.15) is 28.8 Å². The Hall–Kier alpha value is -2.11. The normalized spacial score (nSPS) is 14.9. The van der Waals surface area contributed by atoms with E-state index in [9.17, 15) is 9.59 Å². The molecule has 7 heteroatoms. The number of halogens is 2. The van der Waals surface area contributed by atoms with Gasteiger partial charge in [-0.15, -0.1) is 0 Å². The largest absolute Gasteiger partial charge is 0.352 e. The molecule has 0 aliphatic carbocycles. The average Bonchev–Trinajstić information content (AvgIpc) is 2.65. The number of aromatic nitrogens is 1. The molecule has 1 aliphatic heterocycles. The van der Waals surface area contributed by atoms with Crippen LogP contribution in [0.2, 0.25) is 10.3 Å². The van der Waals surface area contributed by atoms with Crippen LogP contribution >= 0.6 is 23.2 Å².